The first kappa shape index (κ1) is 19.9. The Morgan fingerprint density at radius 3 is 2.83 bits per heavy atom. The van der Waals surface area contributed by atoms with E-state index in [0.717, 1.165) is 35.1 Å². The maximum absolute atomic E-state index is 12.3. The standard InChI is InChI=1S/C20H20ClN5O2S/c1-28-19(27)17-15(18(21)26(24-17)14-6-4-3-5-7-14)12-25-9-8-16-13(11-25)10-22-20(23-16)29-2/h3-7,10H,8-9,11-12H2,1-2H3. The van der Waals surface area contributed by atoms with E-state index in [0.29, 0.717) is 23.8 Å². The molecule has 0 fully saturated rings. The summed E-state index contributed by atoms with van der Waals surface area (Å²) in [7, 11) is 1.35. The van der Waals surface area contributed by atoms with Crippen LogP contribution in [0.5, 0.6) is 0 Å². The van der Waals surface area contributed by atoms with Crippen LogP contribution in [0.15, 0.2) is 41.7 Å². The Balaban J connectivity index is 1.64. The average Bonchev–Trinajstić information content (AvgIpc) is 3.09. The molecule has 7 nitrogen and oxygen atoms in total. The van der Waals surface area contributed by atoms with Crippen molar-refractivity contribution in [1.29, 1.82) is 0 Å². The van der Waals surface area contributed by atoms with Crippen LogP contribution >= 0.6 is 23.4 Å². The molecule has 4 rings (SSSR count). The second-order valence-electron chi connectivity index (χ2n) is 6.65. The van der Waals surface area contributed by atoms with Crippen LogP contribution in [0.1, 0.15) is 27.3 Å². The highest BCUT2D eigenvalue weighted by molar-refractivity contribution is 7.98. The molecule has 0 saturated carbocycles. The van der Waals surface area contributed by atoms with Crippen LogP contribution in [-0.4, -0.2) is 50.5 Å². The molecule has 1 aliphatic rings. The van der Waals surface area contributed by atoms with Crippen molar-refractivity contribution in [2.24, 2.45) is 0 Å². The van der Waals surface area contributed by atoms with E-state index < -0.39 is 5.97 Å². The predicted molar refractivity (Wildman–Crippen MR) is 112 cm³/mol. The van der Waals surface area contributed by atoms with E-state index in [1.54, 1.807) is 4.68 Å². The van der Waals surface area contributed by atoms with Crippen molar-refractivity contribution >= 4 is 29.3 Å². The molecule has 0 unspecified atom stereocenters. The molecule has 150 valence electrons. The van der Waals surface area contributed by atoms with Gasteiger partial charge in [0.2, 0.25) is 0 Å². The van der Waals surface area contributed by atoms with Gasteiger partial charge in [-0.25, -0.2) is 19.4 Å². The van der Waals surface area contributed by atoms with Crippen LogP contribution in [0.3, 0.4) is 0 Å². The van der Waals surface area contributed by atoms with Gasteiger partial charge in [0.25, 0.3) is 0 Å². The minimum absolute atomic E-state index is 0.237. The van der Waals surface area contributed by atoms with Gasteiger partial charge in [0.05, 0.1) is 18.5 Å². The summed E-state index contributed by atoms with van der Waals surface area (Å²) in [5.41, 5.74) is 3.87. The second kappa shape index (κ2) is 8.52. The lowest BCUT2D eigenvalue weighted by Crippen LogP contribution is -2.31. The summed E-state index contributed by atoms with van der Waals surface area (Å²) in [6.45, 7) is 1.99. The Bertz CT molecular complexity index is 1040. The van der Waals surface area contributed by atoms with Crippen molar-refractivity contribution in [3.63, 3.8) is 0 Å². The van der Waals surface area contributed by atoms with Crippen LogP contribution < -0.4 is 0 Å². The zero-order valence-electron chi connectivity index (χ0n) is 16.1. The third kappa shape index (κ3) is 4.01. The van der Waals surface area contributed by atoms with Gasteiger partial charge in [-0.05, 0) is 18.4 Å². The van der Waals surface area contributed by atoms with E-state index in [4.69, 9.17) is 16.3 Å². The van der Waals surface area contributed by atoms with Crippen molar-refractivity contribution in [2.45, 2.75) is 24.7 Å². The third-order valence-electron chi connectivity index (χ3n) is 4.86. The molecule has 29 heavy (non-hydrogen) atoms. The molecule has 1 aromatic carbocycles. The summed E-state index contributed by atoms with van der Waals surface area (Å²) in [6, 6.07) is 9.49. The number of aromatic nitrogens is 4. The largest absolute Gasteiger partial charge is 0.464 e. The molecule has 2 aromatic heterocycles. The van der Waals surface area contributed by atoms with Gasteiger partial charge in [0.15, 0.2) is 10.9 Å². The highest BCUT2D eigenvalue weighted by Crippen LogP contribution is 2.28. The number of halogens is 1. The fraction of sp³-hybridized carbons (Fsp3) is 0.300. The number of carbonyl (C=O) groups is 1. The summed E-state index contributed by atoms with van der Waals surface area (Å²) >= 11 is 8.20. The summed E-state index contributed by atoms with van der Waals surface area (Å²) in [5.74, 6) is -0.498. The van der Waals surface area contributed by atoms with E-state index in [-0.39, 0.29) is 5.69 Å². The molecule has 0 aliphatic carbocycles. The first-order chi connectivity index (χ1) is 14.1. The maximum Gasteiger partial charge on any atom is 0.358 e. The fourth-order valence-corrected chi connectivity index (χ4v) is 4.03. The molecular weight excluding hydrogens is 410 g/mol. The number of nitrogens with zero attached hydrogens (tertiary/aromatic N) is 5. The van der Waals surface area contributed by atoms with Gasteiger partial charge in [0, 0.05) is 43.4 Å². The van der Waals surface area contributed by atoms with Gasteiger partial charge in [-0.15, -0.1) is 0 Å². The van der Waals surface area contributed by atoms with Gasteiger partial charge in [-0.1, -0.05) is 41.6 Å². The number of fused-ring (bicyclic) bond motifs is 1. The summed E-state index contributed by atoms with van der Waals surface area (Å²) < 4.78 is 6.52. The number of hydrogen-bond acceptors (Lipinski definition) is 7. The number of esters is 1. The molecule has 0 spiro atoms. The predicted octanol–water partition coefficient (Wildman–Crippen LogP) is 3.38. The number of methoxy groups -OCH3 is 1. The Hall–Kier alpha value is -2.42. The average molecular weight is 430 g/mol. The molecule has 3 aromatic rings. The number of para-hydroxylation sites is 1. The fourth-order valence-electron chi connectivity index (χ4n) is 3.38. The molecular formula is C20H20ClN5O2S. The number of thioether (sulfide) groups is 1. The van der Waals surface area contributed by atoms with Gasteiger partial charge in [0.1, 0.15) is 5.15 Å². The SMILES string of the molecule is COC(=O)c1nn(-c2ccccc2)c(Cl)c1CN1CCc2nc(SC)ncc2C1. The number of hydrogen-bond donors (Lipinski definition) is 0. The zero-order valence-corrected chi connectivity index (χ0v) is 17.7. The molecule has 0 radical (unpaired) electrons. The molecule has 9 heteroatoms. The topological polar surface area (TPSA) is 73.1 Å². The van der Waals surface area contributed by atoms with E-state index >= 15 is 0 Å². The molecule has 0 atom stereocenters. The minimum Gasteiger partial charge on any atom is -0.464 e. The lowest BCUT2D eigenvalue weighted by molar-refractivity contribution is 0.0591. The zero-order chi connectivity index (χ0) is 20.4. The van der Waals surface area contributed by atoms with Crippen LogP contribution in [0.4, 0.5) is 0 Å². The third-order valence-corrected chi connectivity index (χ3v) is 5.81. The van der Waals surface area contributed by atoms with E-state index in [2.05, 4.69) is 20.0 Å². The monoisotopic (exact) mass is 429 g/mol. The van der Waals surface area contributed by atoms with Crippen LogP contribution in [-0.2, 0) is 24.2 Å². The minimum atomic E-state index is -0.498. The van der Waals surface area contributed by atoms with E-state index in [9.17, 15) is 4.79 Å². The van der Waals surface area contributed by atoms with Gasteiger partial charge in [-0.2, -0.15) is 5.10 Å². The summed E-state index contributed by atoms with van der Waals surface area (Å²) in [5, 5.41) is 5.64. The molecule has 0 amide bonds. The molecule has 0 N–H and O–H groups in total. The maximum atomic E-state index is 12.3. The number of rotatable bonds is 5. The van der Waals surface area contributed by atoms with E-state index in [1.807, 2.05) is 42.8 Å². The summed E-state index contributed by atoms with van der Waals surface area (Å²) in [6.07, 6.45) is 4.68. The van der Waals surface area contributed by atoms with Gasteiger partial charge >= 0.3 is 5.97 Å². The smallest absolute Gasteiger partial charge is 0.358 e. The van der Waals surface area contributed by atoms with Crippen molar-refractivity contribution in [3.8, 4) is 5.69 Å². The van der Waals surface area contributed by atoms with Crippen LogP contribution in [0.2, 0.25) is 5.15 Å². The van der Waals surface area contributed by atoms with Crippen molar-refractivity contribution in [1.82, 2.24) is 24.6 Å². The lowest BCUT2D eigenvalue weighted by Gasteiger charge is -2.27. The molecule has 1 aliphatic heterocycles. The first-order valence-electron chi connectivity index (χ1n) is 9.13. The molecule has 0 bridgehead atoms. The highest BCUT2D eigenvalue weighted by atomic mass is 35.5. The Labute approximate surface area is 178 Å². The Morgan fingerprint density at radius 1 is 1.31 bits per heavy atom. The Kier molecular flexibility index (Phi) is 5.84. The number of benzene rings is 1. The lowest BCUT2D eigenvalue weighted by atomic mass is 10.1. The normalized spacial score (nSPS) is 13.9. The molecule has 3 heterocycles. The highest BCUT2D eigenvalue weighted by Gasteiger charge is 2.27. The second-order valence-corrected chi connectivity index (χ2v) is 7.78. The molecule has 0 saturated heterocycles. The quantitative estimate of drug-likeness (QED) is 0.349. The van der Waals surface area contributed by atoms with Gasteiger partial charge < -0.3 is 4.74 Å². The van der Waals surface area contributed by atoms with Crippen molar-refractivity contribution < 1.29 is 9.53 Å². The summed E-state index contributed by atoms with van der Waals surface area (Å²) in [4.78, 5) is 23.5. The van der Waals surface area contributed by atoms with Crippen molar-refractivity contribution in [3.05, 3.63) is 64.2 Å². The number of carbonyl (C=O) groups excluding carboxylic acids is 1. The Morgan fingerprint density at radius 2 is 2.10 bits per heavy atom. The van der Waals surface area contributed by atoms with Crippen molar-refractivity contribution in [2.75, 3.05) is 19.9 Å². The van der Waals surface area contributed by atoms with Gasteiger partial charge in [-0.3, -0.25) is 4.90 Å². The van der Waals surface area contributed by atoms with Crippen LogP contribution in [0.25, 0.3) is 5.69 Å². The van der Waals surface area contributed by atoms with Crippen LogP contribution in [0, 0.1) is 0 Å². The number of ether oxygens (including phenoxy) is 1. The first-order valence-corrected chi connectivity index (χ1v) is 10.7. The van der Waals surface area contributed by atoms with E-state index in [1.165, 1.54) is 18.9 Å².